The van der Waals surface area contributed by atoms with E-state index in [2.05, 4.69) is 14.9 Å². The van der Waals surface area contributed by atoms with Crippen LogP contribution < -0.4 is 10.5 Å². The summed E-state index contributed by atoms with van der Waals surface area (Å²) in [4.78, 5) is 0.949. The molecule has 4 N–H and O–H groups in total. The highest BCUT2D eigenvalue weighted by Gasteiger charge is 2.23. The minimum absolute atomic E-state index is 0.188. The molecule has 21 heavy (non-hydrogen) atoms. The van der Waals surface area contributed by atoms with Crippen molar-refractivity contribution in [1.29, 1.82) is 0 Å². The van der Waals surface area contributed by atoms with E-state index in [-0.39, 0.29) is 18.0 Å². The lowest BCUT2D eigenvalue weighted by atomic mass is 10.2. The standard InChI is InChI=1S/C13H14N4O2S2/c14-5-12-13(10-3-1-2-4-11(10)20-12)21(18,19)17-8-9-6-15-16-7-9/h1-4,6-7,17H,5,8,14H2,(H,15,16). The number of H-pyrrole nitrogens is 1. The van der Waals surface area contributed by atoms with Crippen molar-refractivity contribution in [2.75, 3.05) is 0 Å². The first-order valence-electron chi connectivity index (χ1n) is 6.29. The summed E-state index contributed by atoms with van der Waals surface area (Å²) in [6.45, 7) is 0.383. The lowest BCUT2D eigenvalue weighted by Crippen LogP contribution is -2.24. The van der Waals surface area contributed by atoms with Crippen LogP contribution in [-0.2, 0) is 23.1 Å². The zero-order valence-corrected chi connectivity index (χ0v) is 12.7. The Morgan fingerprint density at radius 1 is 1.33 bits per heavy atom. The molecule has 0 spiro atoms. The van der Waals surface area contributed by atoms with Crippen LogP contribution in [0.5, 0.6) is 0 Å². The van der Waals surface area contributed by atoms with Crippen LogP contribution in [0, 0.1) is 0 Å². The van der Waals surface area contributed by atoms with Crippen LogP contribution >= 0.6 is 11.3 Å². The predicted octanol–water partition coefficient (Wildman–Crippen LogP) is 1.56. The second kappa shape index (κ2) is 5.57. The molecule has 0 aliphatic carbocycles. The Labute approximate surface area is 126 Å². The van der Waals surface area contributed by atoms with E-state index in [1.807, 2.05) is 18.2 Å². The molecule has 110 valence electrons. The Morgan fingerprint density at radius 3 is 2.86 bits per heavy atom. The number of nitrogens with zero attached hydrogens (tertiary/aromatic N) is 1. The number of aromatic amines is 1. The smallest absolute Gasteiger partial charge is 0.242 e. The molecule has 0 aliphatic rings. The second-order valence-electron chi connectivity index (χ2n) is 4.49. The van der Waals surface area contributed by atoms with E-state index in [0.717, 1.165) is 10.3 Å². The largest absolute Gasteiger partial charge is 0.326 e. The minimum Gasteiger partial charge on any atom is -0.326 e. The van der Waals surface area contributed by atoms with Crippen molar-refractivity contribution in [1.82, 2.24) is 14.9 Å². The van der Waals surface area contributed by atoms with Crippen LogP contribution in [0.3, 0.4) is 0 Å². The average molecular weight is 322 g/mol. The van der Waals surface area contributed by atoms with Gasteiger partial charge in [-0.1, -0.05) is 18.2 Å². The number of aromatic nitrogens is 2. The predicted molar refractivity (Wildman–Crippen MR) is 82.3 cm³/mol. The summed E-state index contributed by atoms with van der Waals surface area (Å²) in [5.74, 6) is 0. The highest BCUT2D eigenvalue weighted by atomic mass is 32.2. The van der Waals surface area contributed by atoms with Gasteiger partial charge in [0.2, 0.25) is 10.0 Å². The fraction of sp³-hybridized carbons (Fsp3) is 0.154. The van der Waals surface area contributed by atoms with Crippen molar-refractivity contribution < 1.29 is 8.42 Å². The van der Waals surface area contributed by atoms with Crippen molar-refractivity contribution >= 4 is 31.4 Å². The average Bonchev–Trinajstić information content (AvgIpc) is 3.12. The zero-order chi connectivity index (χ0) is 14.9. The summed E-state index contributed by atoms with van der Waals surface area (Å²) in [5.41, 5.74) is 6.48. The molecule has 6 nitrogen and oxygen atoms in total. The third-order valence-corrected chi connectivity index (χ3v) is 5.94. The van der Waals surface area contributed by atoms with Crippen LogP contribution in [-0.4, -0.2) is 18.6 Å². The second-order valence-corrected chi connectivity index (χ2v) is 7.33. The molecule has 3 rings (SSSR count). The van der Waals surface area contributed by atoms with Gasteiger partial charge in [0.15, 0.2) is 0 Å². The van der Waals surface area contributed by atoms with Gasteiger partial charge in [-0.3, -0.25) is 5.10 Å². The number of nitrogens with two attached hydrogens (primary N) is 1. The molecule has 0 saturated carbocycles. The number of hydrogen-bond donors (Lipinski definition) is 3. The van der Waals surface area contributed by atoms with Gasteiger partial charge in [-0.15, -0.1) is 11.3 Å². The van der Waals surface area contributed by atoms with Crippen LogP contribution in [0.4, 0.5) is 0 Å². The number of fused-ring (bicyclic) bond motifs is 1. The molecule has 0 fully saturated rings. The lowest BCUT2D eigenvalue weighted by molar-refractivity contribution is 0.581. The Hall–Kier alpha value is -1.74. The van der Waals surface area contributed by atoms with E-state index in [9.17, 15) is 8.42 Å². The van der Waals surface area contributed by atoms with E-state index < -0.39 is 10.0 Å². The molecular weight excluding hydrogens is 308 g/mol. The van der Waals surface area contributed by atoms with Gasteiger partial charge >= 0.3 is 0 Å². The number of rotatable bonds is 5. The zero-order valence-electron chi connectivity index (χ0n) is 11.0. The number of nitrogens with one attached hydrogen (secondary N) is 2. The third kappa shape index (κ3) is 2.70. The van der Waals surface area contributed by atoms with E-state index in [1.165, 1.54) is 11.3 Å². The molecule has 8 heteroatoms. The normalized spacial score (nSPS) is 12.0. The molecule has 0 amide bonds. The summed E-state index contributed by atoms with van der Waals surface area (Å²) in [7, 11) is -3.62. The molecule has 0 bridgehead atoms. The van der Waals surface area contributed by atoms with E-state index in [4.69, 9.17) is 5.73 Å². The Balaban J connectivity index is 2.01. The van der Waals surface area contributed by atoms with Crippen molar-refractivity contribution in [3.63, 3.8) is 0 Å². The van der Waals surface area contributed by atoms with E-state index in [1.54, 1.807) is 18.5 Å². The maximum atomic E-state index is 12.6. The number of sulfonamides is 1. The molecule has 0 unspecified atom stereocenters. The maximum absolute atomic E-state index is 12.6. The summed E-state index contributed by atoms with van der Waals surface area (Å²) in [6, 6.07) is 7.41. The van der Waals surface area contributed by atoms with Crippen LogP contribution in [0.25, 0.3) is 10.1 Å². The van der Waals surface area contributed by atoms with E-state index >= 15 is 0 Å². The quantitative estimate of drug-likeness (QED) is 0.663. The number of hydrogen-bond acceptors (Lipinski definition) is 5. The SMILES string of the molecule is NCc1sc2ccccc2c1S(=O)(=O)NCc1cn[nH]c1. The monoisotopic (exact) mass is 322 g/mol. The van der Waals surface area contributed by atoms with Gasteiger partial charge in [-0.25, -0.2) is 13.1 Å². The molecule has 2 heterocycles. The van der Waals surface area contributed by atoms with Crippen molar-refractivity contribution in [3.05, 3.63) is 47.1 Å². The van der Waals surface area contributed by atoms with Gasteiger partial charge < -0.3 is 5.73 Å². The fourth-order valence-corrected chi connectivity index (χ4v) is 4.97. The minimum atomic E-state index is -3.62. The first kappa shape index (κ1) is 14.2. The van der Waals surface area contributed by atoms with Crippen LogP contribution in [0.2, 0.25) is 0 Å². The van der Waals surface area contributed by atoms with E-state index in [0.29, 0.717) is 10.3 Å². The van der Waals surface area contributed by atoms with Crippen molar-refractivity contribution in [2.24, 2.45) is 5.73 Å². The summed E-state index contributed by atoms with van der Waals surface area (Å²) in [5, 5.41) is 7.15. The van der Waals surface area contributed by atoms with Gasteiger partial charge in [0, 0.05) is 39.8 Å². The molecular formula is C13H14N4O2S2. The first-order chi connectivity index (χ1) is 10.1. The molecule has 2 aromatic heterocycles. The fourth-order valence-electron chi connectivity index (χ4n) is 2.13. The van der Waals surface area contributed by atoms with Crippen LogP contribution in [0.1, 0.15) is 10.4 Å². The van der Waals surface area contributed by atoms with Crippen molar-refractivity contribution in [2.45, 2.75) is 18.0 Å². The molecule has 0 aliphatic heterocycles. The van der Waals surface area contributed by atoms with Crippen LogP contribution in [0.15, 0.2) is 41.6 Å². The summed E-state index contributed by atoms with van der Waals surface area (Å²) in [6.07, 6.45) is 3.23. The molecule has 0 atom stereocenters. The van der Waals surface area contributed by atoms with Crippen molar-refractivity contribution in [3.8, 4) is 0 Å². The van der Waals surface area contributed by atoms with Gasteiger partial charge in [0.1, 0.15) is 4.90 Å². The molecule has 0 radical (unpaired) electrons. The molecule has 1 aromatic carbocycles. The highest BCUT2D eigenvalue weighted by Crippen LogP contribution is 2.34. The van der Waals surface area contributed by atoms with Gasteiger partial charge in [-0.2, -0.15) is 5.10 Å². The molecule has 3 aromatic rings. The summed E-state index contributed by atoms with van der Waals surface area (Å²) >= 11 is 1.41. The topological polar surface area (TPSA) is 101 Å². The molecule has 0 saturated heterocycles. The first-order valence-corrected chi connectivity index (χ1v) is 8.59. The number of benzene rings is 1. The van der Waals surface area contributed by atoms with Gasteiger partial charge in [0.25, 0.3) is 0 Å². The van der Waals surface area contributed by atoms with Gasteiger partial charge in [-0.05, 0) is 6.07 Å². The third-order valence-electron chi connectivity index (χ3n) is 3.09. The summed E-state index contributed by atoms with van der Waals surface area (Å²) < 4.78 is 28.7. The van der Waals surface area contributed by atoms with Gasteiger partial charge in [0.05, 0.1) is 6.20 Å². The Kier molecular flexibility index (Phi) is 3.77. The Morgan fingerprint density at radius 2 is 2.14 bits per heavy atom. The highest BCUT2D eigenvalue weighted by molar-refractivity contribution is 7.90. The lowest BCUT2D eigenvalue weighted by Gasteiger charge is -2.07. The Bertz CT molecular complexity index is 854. The number of thiophene rings is 1. The maximum Gasteiger partial charge on any atom is 0.242 e.